The van der Waals surface area contributed by atoms with Crippen molar-refractivity contribution in [1.82, 2.24) is 5.32 Å². The van der Waals surface area contributed by atoms with E-state index in [0.717, 1.165) is 17.7 Å². The van der Waals surface area contributed by atoms with E-state index in [4.69, 9.17) is 14.2 Å². The van der Waals surface area contributed by atoms with Crippen molar-refractivity contribution >= 4 is 23.4 Å². The number of hydrogen-bond donors (Lipinski definition) is 3. The minimum Gasteiger partial charge on any atom is -0.497 e. The number of methoxy groups -OCH3 is 2. The summed E-state index contributed by atoms with van der Waals surface area (Å²) in [5.74, 6) is 0.692. The van der Waals surface area contributed by atoms with E-state index in [1.54, 1.807) is 25.3 Å². The van der Waals surface area contributed by atoms with E-state index >= 15 is 0 Å². The lowest BCUT2D eigenvalue weighted by Crippen LogP contribution is -2.31. The van der Waals surface area contributed by atoms with Crippen LogP contribution < -0.4 is 20.7 Å². The molecule has 0 aromatic heterocycles. The van der Waals surface area contributed by atoms with Crippen molar-refractivity contribution in [1.29, 1.82) is 0 Å². The molecule has 8 nitrogen and oxygen atoms in total. The summed E-state index contributed by atoms with van der Waals surface area (Å²) in [5, 5.41) is 8.53. The average molecular weight is 401 g/mol. The molecule has 2 amide bonds. The van der Waals surface area contributed by atoms with Gasteiger partial charge in [0.05, 0.1) is 20.3 Å². The van der Waals surface area contributed by atoms with E-state index in [1.807, 2.05) is 30.3 Å². The molecular formula is C21H27N3O5. The summed E-state index contributed by atoms with van der Waals surface area (Å²) in [7, 11) is 3.16. The molecule has 0 radical (unpaired) electrons. The summed E-state index contributed by atoms with van der Waals surface area (Å²) in [6.45, 7) is 1.19. The van der Waals surface area contributed by atoms with Crippen LogP contribution in [0.15, 0.2) is 48.5 Å². The van der Waals surface area contributed by atoms with Gasteiger partial charge in [0.1, 0.15) is 12.4 Å². The van der Waals surface area contributed by atoms with Gasteiger partial charge in [-0.05, 0) is 42.3 Å². The minimum absolute atomic E-state index is 0.115. The Bertz CT molecular complexity index is 780. The summed E-state index contributed by atoms with van der Waals surface area (Å²) in [4.78, 5) is 23.7. The van der Waals surface area contributed by atoms with Gasteiger partial charge in [0.2, 0.25) is 5.91 Å². The van der Waals surface area contributed by atoms with Gasteiger partial charge in [0.15, 0.2) is 0 Å². The highest BCUT2D eigenvalue weighted by atomic mass is 16.6. The standard InChI is InChI=1S/C21H27N3O5/c1-27-12-13-29-21(26)24-18-5-3-4-17(14-18)23-15-20(25)22-11-10-16-6-8-19(28-2)9-7-16/h3-9,14,23H,10-13,15H2,1-2H3,(H,22,25)(H,24,26). The molecule has 0 fully saturated rings. The van der Waals surface area contributed by atoms with E-state index < -0.39 is 6.09 Å². The third-order valence-corrected chi connectivity index (χ3v) is 3.98. The first kappa shape index (κ1) is 22.0. The molecule has 29 heavy (non-hydrogen) atoms. The maximum absolute atomic E-state index is 12.0. The van der Waals surface area contributed by atoms with Crippen LogP contribution in [0, 0.1) is 0 Å². The average Bonchev–Trinajstić information content (AvgIpc) is 2.73. The lowest BCUT2D eigenvalue weighted by Gasteiger charge is -2.10. The van der Waals surface area contributed by atoms with E-state index in [0.29, 0.717) is 24.5 Å². The Morgan fingerprint density at radius 1 is 0.966 bits per heavy atom. The Hall–Kier alpha value is -3.26. The van der Waals surface area contributed by atoms with Gasteiger partial charge >= 0.3 is 6.09 Å². The molecule has 0 aliphatic heterocycles. The topological polar surface area (TPSA) is 97.9 Å². The van der Waals surface area contributed by atoms with E-state index in [2.05, 4.69) is 16.0 Å². The van der Waals surface area contributed by atoms with Crippen LogP contribution in [0.1, 0.15) is 5.56 Å². The van der Waals surface area contributed by atoms with Gasteiger partial charge in [-0.15, -0.1) is 0 Å². The predicted octanol–water partition coefficient (Wildman–Crippen LogP) is 2.66. The van der Waals surface area contributed by atoms with Crippen LogP contribution in [-0.4, -0.2) is 52.5 Å². The molecule has 0 bridgehead atoms. The SMILES string of the molecule is COCCOC(=O)Nc1cccc(NCC(=O)NCCc2ccc(OC)cc2)c1. The number of benzene rings is 2. The number of rotatable bonds is 11. The summed E-state index contributed by atoms with van der Waals surface area (Å²) in [5.41, 5.74) is 2.40. The molecule has 2 aromatic carbocycles. The second-order valence-electron chi connectivity index (χ2n) is 6.14. The number of anilines is 2. The monoisotopic (exact) mass is 401 g/mol. The molecule has 0 spiro atoms. The number of carbonyl (C=O) groups excluding carboxylic acids is 2. The highest BCUT2D eigenvalue weighted by Crippen LogP contribution is 2.15. The van der Waals surface area contributed by atoms with Crippen LogP contribution >= 0.6 is 0 Å². The number of hydrogen-bond acceptors (Lipinski definition) is 6. The maximum Gasteiger partial charge on any atom is 0.411 e. The fraction of sp³-hybridized carbons (Fsp3) is 0.333. The quantitative estimate of drug-likeness (QED) is 0.501. The predicted molar refractivity (Wildman–Crippen MR) is 111 cm³/mol. The van der Waals surface area contributed by atoms with Crippen LogP contribution in [0.2, 0.25) is 0 Å². The summed E-state index contributed by atoms with van der Waals surface area (Å²) < 4.78 is 14.9. The van der Waals surface area contributed by atoms with Crippen molar-refractivity contribution in [2.75, 3.05) is 51.2 Å². The molecule has 156 valence electrons. The number of carbonyl (C=O) groups is 2. The Kier molecular flexibility index (Phi) is 9.31. The summed E-state index contributed by atoms with van der Waals surface area (Å²) in [6.07, 6.45) is 0.177. The largest absolute Gasteiger partial charge is 0.497 e. The molecule has 8 heteroatoms. The number of ether oxygens (including phenoxy) is 3. The zero-order valence-corrected chi connectivity index (χ0v) is 16.7. The van der Waals surface area contributed by atoms with Crippen LogP contribution in [0.25, 0.3) is 0 Å². The van der Waals surface area contributed by atoms with Gasteiger partial charge in [-0.2, -0.15) is 0 Å². The molecule has 0 saturated heterocycles. The lowest BCUT2D eigenvalue weighted by molar-refractivity contribution is -0.119. The Morgan fingerprint density at radius 3 is 2.45 bits per heavy atom. The van der Waals surface area contributed by atoms with E-state index in [-0.39, 0.29) is 19.1 Å². The van der Waals surface area contributed by atoms with Gasteiger partial charge in [0, 0.05) is 25.0 Å². The first-order valence-electron chi connectivity index (χ1n) is 9.27. The van der Waals surface area contributed by atoms with Gasteiger partial charge < -0.3 is 24.8 Å². The second-order valence-corrected chi connectivity index (χ2v) is 6.14. The molecule has 0 heterocycles. The lowest BCUT2D eigenvalue weighted by atomic mass is 10.1. The first-order valence-corrected chi connectivity index (χ1v) is 9.27. The van der Waals surface area contributed by atoms with Crippen LogP contribution in [0.5, 0.6) is 5.75 Å². The molecule has 3 N–H and O–H groups in total. The fourth-order valence-electron chi connectivity index (χ4n) is 2.46. The van der Waals surface area contributed by atoms with Gasteiger partial charge in [0.25, 0.3) is 0 Å². The molecule has 0 atom stereocenters. The van der Waals surface area contributed by atoms with Gasteiger partial charge in [-0.25, -0.2) is 4.79 Å². The Morgan fingerprint density at radius 2 is 1.72 bits per heavy atom. The van der Waals surface area contributed by atoms with E-state index in [1.165, 1.54) is 7.11 Å². The Labute approximate surface area is 170 Å². The smallest absolute Gasteiger partial charge is 0.411 e. The fourth-order valence-corrected chi connectivity index (χ4v) is 2.46. The molecular weight excluding hydrogens is 374 g/mol. The van der Waals surface area contributed by atoms with Crippen molar-refractivity contribution in [2.45, 2.75) is 6.42 Å². The number of amides is 2. The minimum atomic E-state index is -0.560. The molecule has 2 aromatic rings. The van der Waals surface area contributed by atoms with E-state index in [9.17, 15) is 9.59 Å². The van der Waals surface area contributed by atoms with Crippen LogP contribution in [0.4, 0.5) is 16.2 Å². The molecule has 0 unspecified atom stereocenters. The Balaban J connectivity index is 1.70. The third-order valence-electron chi connectivity index (χ3n) is 3.98. The van der Waals surface area contributed by atoms with Crippen molar-refractivity contribution in [3.63, 3.8) is 0 Å². The van der Waals surface area contributed by atoms with Crippen molar-refractivity contribution < 1.29 is 23.8 Å². The van der Waals surface area contributed by atoms with Crippen molar-refractivity contribution in [2.24, 2.45) is 0 Å². The van der Waals surface area contributed by atoms with Gasteiger partial charge in [-0.3, -0.25) is 10.1 Å². The molecule has 0 aliphatic carbocycles. The van der Waals surface area contributed by atoms with Crippen molar-refractivity contribution in [3.05, 3.63) is 54.1 Å². The van der Waals surface area contributed by atoms with Crippen molar-refractivity contribution in [3.8, 4) is 5.75 Å². The van der Waals surface area contributed by atoms with Crippen LogP contribution in [-0.2, 0) is 20.7 Å². The summed E-state index contributed by atoms with van der Waals surface area (Å²) in [6, 6.07) is 14.8. The first-order chi connectivity index (χ1) is 14.1. The highest BCUT2D eigenvalue weighted by molar-refractivity contribution is 5.86. The third kappa shape index (κ3) is 8.52. The molecule has 2 rings (SSSR count). The zero-order valence-electron chi connectivity index (χ0n) is 16.7. The normalized spacial score (nSPS) is 10.1. The number of nitrogens with one attached hydrogen (secondary N) is 3. The molecule has 0 saturated carbocycles. The second kappa shape index (κ2) is 12.2. The highest BCUT2D eigenvalue weighted by Gasteiger charge is 2.05. The van der Waals surface area contributed by atoms with Crippen LogP contribution in [0.3, 0.4) is 0 Å². The maximum atomic E-state index is 12.0. The summed E-state index contributed by atoms with van der Waals surface area (Å²) >= 11 is 0. The van der Waals surface area contributed by atoms with Gasteiger partial charge in [-0.1, -0.05) is 18.2 Å². The zero-order chi connectivity index (χ0) is 20.9. The molecule has 0 aliphatic rings.